The molecule has 1 saturated heterocycles. The molecule has 0 radical (unpaired) electrons. The highest BCUT2D eigenvalue weighted by Gasteiger charge is 2.17. The summed E-state index contributed by atoms with van der Waals surface area (Å²) in [6.07, 6.45) is 7.93. The number of rotatable bonds is 9. The zero-order valence-corrected chi connectivity index (χ0v) is 15.6. The van der Waals surface area contributed by atoms with Gasteiger partial charge in [-0.1, -0.05) is 13.5 Å². The van der Waals surface area contributed by atoms with Crippen LogP contribution in [0.25, 0.3) is 5.57 Å². The van der Waals surface area contributed by atoms with Gasteiger partial charge in [-0.15, -0.1) is 0 Å². The van der Waals surface area contributed by atoms with Crippen molar-refractivity contribution < 1.29 is 9.53 Å². The molecule has 4 N–H and O–H groups in total. The number of likely N-dealkylation sites (tertiary alicyclic amines) is 1. The second kappa shape index (κ2) is 9.94. The fraction of sp³-hybridized carbons (Fsp3) is 0.474. The van der Waals surface area contributed by atoms with E-state index in [2.05, 4.69) is 34.1 Å². The molecule has 0 spiro atoms. The summed E-state index contributed by atoms with van der Waals surface area (Å²) in [5.41, 5.74) is 3.96. The fourth-order valence-electron chi connectivity index (χ4n) is 3.07. The number of ether oxygens (including phenoxy) is 1. The minimum Gasteiger partial charge on any atom is -0.495 e. The van der Waals surface area contributed by atoms with E-state index in [0.29, 0.717) is 23.6 Å². The third-order valence-electron chi connectivity index (χ3n) is 4.37. The van der Waals surface area contributed by atoms with Crippen LogP contribution in [-0.2, 0) is 4.79 Å². The number of carbonyl (C=O) groups is 1. The SMILES string of the molecule is C=C(/C=C(\NN)NC(=O)CC(C)CN1CCCC1)c1cncc(OC)c1. The van der Waals surface area contributed by atoms with E-state index in [4.69, 9.17) is 10.6 Å². The average Bonchev–Trinajstić information content (AvgIpc) is 3.13. The van der Waals surface area contributed by atoms with Crippen molar-refractivity contribution in [3.8, 4) is 5.75 Å². The Labute approximate surface area is 155 Å². The molecule has 1 unspecified atom stereocenters. The Bertz CT molecular complexity index is 653. The van der Waals surface area contributed by atoms with Gasteiger partial charge in [-0.2, -0.15) is 0 Å². The van der Waals surface area contributed by atoms with Gasteiger partial charge < -0.3 is 20.4 Å². The van der Waals surface area contributed by atoms with E-state index in [9.17, 15) is 4.79 Å². The molecule has 1 amide bonds. The number of aromatic nitrogens is 1. The van der Waals surface area contributed by atoms with E-state index >= 15 is 0 Å². The Balaban J connectivity index is 1.90. The number of nitrogens with one attached hydrogen (secondary N) is 2. The molecule has 0 bridgehead atoms. The van der Waals surface area contributed by atoms with E-state index in [1.807, 2.05) is 6.07 Å². The van der Waals surface area contributed by atoms with Crippen molar-refractivity contribution in [3.63, 3.8) is 0 Å². The van der Waals surface area contributed by atoms with Crippen molar-refractivity contribution in [1.29, 1.82) is 0 Å². The minimum absolute atomic E-state index is 0.0718. The van der Waals surface area contributed by atoms with Gasteiger partial charge in [-0.05, 0) is 49.6 Å². The van der Waals surface area contributed by atoms with Crippen LogP contribution in [0, 0.1) is 5.92 Å². The van der Waals surface area contributed by atoms with Gasteiger partial charge in [0.15, 0.2) is 0 Å². The number of amides is 1. The maximum absolute atomic E-state index is 12.3. The molecule has 142 valence electrons. The number of nitrogens with two attached hydrogens (primary N) is 1. The standard InChI is InChI=1S/C19H29N5O2/c1-14(13-24-6-4-5-7-24)8-19(25)22-18(23-20)9-15(2)16-10-17(26-3)12-21-11-16/h9-12,14,23H,2,4-8,13,20H2,1,3H3,(H,22,25)/b18-9-. The summed E-state index contributed by atoms with van der Waals surface area (Å²) in [6.45, 7) is 9.31. The molecular weight excluding hydrogens is 330 g/mol. The van der Waals surface area contributed by atoms with Crippen LogP contribution in [0.5, 0.6) is 5.75 Å². The molecule has 0 aliphatic carbocycles. The molecule has 1 atom stereocenters. The number of carbonyl (C=O) groups excluding carboxylic acids is 1. The third-order valence-corrected chi connectivity index (χ3v) is 4.37. The van der Waals surface area contributed by atoms with Crippen LogP contribution >= 0.6 is 0 Å². The van der Waals surface area contributed by atoms with Crippen molar-refractivity contribution in [2.75, 3.05) is 26.7 Å². The predicted molar refractivity (Wildman–Crippen MR) is 103 cm³/mol. The number of pyridine rings is 1. The number of nitrogens with zero attached hydrogens (tertiary/aromatic N) is 2. The smallest absolute Gasteiger partial charge is 0.225 e. The van der Waals surface area contributed by atoms with E-state index in [-0.39, 0.29) is 11.8 Å². The average molecular weight is 359 g/mol. The van der Waals surface area contributed by atoms with Gasteiger partial charge in [-0.3, -0.25) is 9.78 Å². The summed E-state index contributed by atoms with van der Waals surface area (Å²) < 4.78 is 5.16. The molecular formula is C19H29N5O2. The van der Waals surface area contributed by atoms with Crippen LogP contribution in [0.3, 0.4) is 0 Å². The Morgan fingerprint density at radius 2 is 2.19 bits per heavy atom. The van der Waals surface area contributed by atoms with Crippen LogP contribution in [0.4, 0.5) is 0 Å². The molecule has 26 heavy (non-hydrogen) atoms. The zero-order chi connectivity index (χ0) is 18.9. The van der Waals surface area contributed by atoms with Crippen LogP contribution in [0.15, 0.2) is 36.9 Å². The lowest BCUT2D eigenvalue weighted by Gasteiger charge is -2.20. The summed E-state index contributed by atoms with van der Waals surface area (Å²) in [5.74, 6) is 6.80. The predicted octanol–water partition coefficient (Wildman–Crippen LogP) is 1.65. The van der Waals surface area contributed by atoms with Crippen LogP contribution in [0.1, 0.15) is 31.7 Å². The summed E-state index contributed by atoms with van der Waals surface area (Å²) in [4.78, 5) is 18.8. The summed E-state index contributed by atoms with van der Waals surface area (Å²) in [6, 6.07) is 1.82. The van der Waals surface area contributed by atoms with Gasteiger partial charge in [-0.25, -0.2) is 5.84 Å². The highest BCUT2D eigenvalue weighted by Crippen LogP contribution is 2.18. The largest absolute Gasteiger partial charge is 0.495 e. The molecule has 7 nitrogen and oxygen atoms in total. The van der Waals surface area contributed by atoms with Crippen molar-refractivity contribution >= 4 is 11.5 Å². The second-order valence-corrected chi connectivity index (χ2v) is 6.71. The van der Waals surface area contributed by atoms with Crippen molar-refractivity contribution in [1.82, 2.24) is 20.6 Å². The number of hydrogen-bond acceptors (Lipinski definition) is 6. The van der Waals surface area contributed by atoms with Crippen LogP contribution in [0.2, 0.25) is 0 Å². The molecule has 0 aromatic carbocycles. The van der Waals surface area contributed by atoms with Crippen LogP contribution < -0.4 is 21.3 Å². The van der Waals surface area contributed by atoms with Crippen molar-refractivity contribution in [2.45, 2.75) is 26.2 Å². The van der Waals surface area contributed by atoms with Crippen LogP contribution in [-0.4, -0.2) is 42.5 Å². The maximum Gasteiger partial charge on any atom is 0.225 e. The van der Waals surface area contributed by atoms with E-state index < -0.39 is 0 Å². The Morgan fingerprint density at radius 1 is 1.46 bits per heavy atom. The molecule has 2 rings (SSSR count). The molecule has 1 fully saturated rings. The van der Waals surface area contributed by atoms with Gasteiger partial charge in [0, 0.05) is 24.7 Å². The van der Waals surface area contributed by atoms with Gasteiger partial charge >= 0.3 is 0 Å². The molecule has 1 aliphatic rings. The topological polar surface area (TPSA) is 92.5 Å². The highest BCUT2D eigenvalue weighted by molar-refractivity contribution is 5.79. The quantitative estimate of drug-likeness (QED) is 0.353. The maximum atomic E-state index is 12.3. The first-order chi connectivity index (χ1) is 12.5. The molecule has 2 heterocycles. The van der Waals surface area contributed by atoms with Gasteiger partial charge in [0.25, 0.3) is 0 Å². The van der Waals surface area contributed by atoms with Gasteiger partial charge in [0.05, 0.1) is 13.3 Å². The molecule has 0 saturated carbocycles. The summed E-state index contributed by atoms with van der Waals surface area (Å²) >= 11 is 0. The summed E-state index contributed by atoms with van der Waals surface area (Å²) in [5, 5.41) is 2.81. The second-order valence-electron chi connectivity index (χ2n) is 6.71. The van der Waals surface area contributed by atoms with Gasteiger partial charge in [0.2, 0.25) is 5.91 Å². The minimum atomic E-state index is -0.0718. The summed E-state index contributed by atoms with van der Waals surface area (Å²) in [7, 11) is 1.58. The third kappa shape index (κ3) is 6.16. The van der Waals surface area contributed by atoms with Crippen molar-refractivity contribution in [2.24, 2.45) is 11.8 Å². The number of hydrogen-bond donors (Lipinski definition) is 3. The lowest BCUT2D eigenvalue weighted by molar-refractivity contribution is -0.121. The lowest BCUT2D eigenvalue weighted by atomic mass is 10.1. The fourth-order valence-corrected chi connectivity index (χ4v) is 3.07. The van der Waals surface area contributed by atoms with E-state index in [1.54, 1.807) is 25.6 Å². The number of allylic oxidation sites excluding steroid dienone is 2. The first-order valence-electron chi connectivity index (χ1n) is 8.90. The highest BCUT2D eigenvalue weighted by atomic mass is 16.5. The Hall–Kier alpha value is -2.38. The molecule has 7 heteroatoms. The molecule has 1 aromatic heterocycles. The number of methoxy groups -OCH3 is 1. The lowest BCUT2D eigenvalue weighted by Crippen LogP contribution is -2.37. The van der Waals surface area contributed by atoms with Crippen molar-refractivity contribution in [3.05, 3.63) is 42.5 Å². The molecule has 1 aliphatic heterocycles. The zero-order valence-electron chi connectivity index (χ0n) is 15.6. The number of hydrazine groups is 1. The first-order valence-corrected chi connectivity index (χ1v) is 8.90. The monoisotopic (exact) mass is 359 g/mol. The first kappa shape index (κ1) is 19.9. The van der Waals surface area contributed by atoms with Gasteiger partial charge in [0.1, 0.15) is 11.6 Å². The van der Waals surface area contributed by atoms with E-state index in [1.165, 1.54) is 12.8 Å². The normalized spacial score (nSPS) is 16.2. The Kier molecular flexibility index (Phi) is 7.62. The van der Waals surface area contributed by atoms with E-state index in [0.717, 1.165) is 25.2 Å². The molecule has 1 aromatic rings. The Morgan fingerprint density at radius 3 is 2.85 bits per heavy atom.